The molecular weight excluding hydrogens is 232 g/mol. The van der Waals surface area contributed by atoms with E-state index in [2.05, 4.69) is 75.1 Å². The summed E-state index contributed by atoms with van der Waals surface area (Å²) in [4.78, 5) is 0. The SMILES string of the molecule is CC(C)NCCC(C)(C)c1cn(C)c2ccccc12. The maximum Gasteiger partial charge on any atom is 0.0480 e. The summed E-state index contributed by atoms with van der Waals surface area (Å²) in [6, 6.07) is 9.24. The van der Waals surface area contributed by atoms with Crippen LogP contribution in [0.2, 0.25) is 0 Å². The van der Waals surface area contributed by atoms with Crippen LogP contribution in [-0.4, -0.2) is 17.2 Å². The molecule has 0 bridgehead atoms. The first-order chi connectivity index (χ1) is 8.92. The summed E-state index contributed by atoms with van der Waals surface area (Å²) in [5, 5.41) is 4.91. The van der Waals surface area contributed by atoms with Crippen molar-refractivity contribution < 1.29 is 0 Å². The molecule has 0 aliphatic carbocycles. The molecule has 1 aromatic heterocycles. The maximum atomic E-state index is 3.52. The molecular formula is C17H26N2. The van der Waals surface area contributed by atoms with Gasteiger partial charge < -0.3 is 9.88 Å². The molecule has 19 heavy (non-hydrogen) atoms. The van der Waals surface area contributed by atoms with Crippen LogP contribution in [-0.2, 0) is 12.5 Å². The lowest BCUT2D eigenvalue weighted by molar-refractivity contribution is 0.443. The van der Waals surface area contributed by atoms with Gasteiger partial charge in [0.15, 0.2) is 0 Å². The summed E-state index contributed by atoms with van der Waals surface area (Å²) < 4.78 is 2.24. The molecule has 1 N–H and O–H groups in total. The summed E-state index contributed by atoms with van der Waals surface area (Å²) in [6.45, 7) is 10.2. The molecule has 0 fully saturated rings. The number of para-hydroxylation sites is 1. The quantitative estimate of drug-likeness (QED) is 0.862. The van der Waals surface area contributed by atoms with Gasteiger partial charge in [-0.15, -0.1) is 0 Å². The standard InChI is InChI=1S/C17H26N2/c1-13(2)18-11-10-17(3,4)15-12-19(5)16-9-7-6-8-14(15)16/h6-9,12-13,18H,10-11H2,1-5H3. The van der Waals surface area contributed by atoms with Gasteiger partial charge in [-0.3, -0.25) is 0 Å². The van der Waals surface area contributed by atoms with Gasteiger partial charge in [-0.05, 0) is 30.0 Å². The minimum atomic E-state index is 0.197. The largest absolute Gasteiger partial charge is 0.350 e. The Hall–Kier alpha value is -1.28. The molecule has 0 unspecified atom stereocenters. The normalized spacial score (nSPS) is 12.5. The van der Waals surface area contributed by atoms with E-state index in [1.54, 1.807) is 0 Å². The number of rotatable bonds is 5. The van der Waals surface area contributed by atoms with Gasteiger partial charge in [0.1, 0.15) is 0 Å². The Labute approximate surface area is 116 Å². The van der Waals surface area contributed by atoms with Crippen LogP contribution in [0.1, 0.15) is 39.7 Å². The Bertz CT molecular complexity index is 549. The molecule has 0 spiro atoms. The number of fused-ring (bicyclic) bond motifs is 1. The van der Waals surface area contributed by atoms with Gasteiger partial charge in [0, 0.05) is 30.2 Å². The third-order valence-electron chi connectivity index (χ3n) is 3.93. The lowest BCUT2D eigenvalue weighted by Crippen LogP contribution is -2.29. The Balaban J connectivity index is 2.27. The molecule has 0 radical (unpaired) electrons. The van der Waals surface area contributed by atoms with Crippen LogP contribution < -0.4 is 5.32 Å². The molecule has 0 aliphatic heterocycles. The highest BCUT2D eigenvalue weighted by Gasteiger charge is 2.24. The van der Waals surface area contributed by atoms with Crippen molar-refractivity contribution in [2.45, 2.75) is 45.6 Å². The van der Waals surface area contributed by atoms with Crippen molar-refractivity contribution in [3.63, 3.8) is 0 Å². The summed E-state index contributed by atoms with van der Waals surface area (Å²) in [5.41, 5.74) is 2.97. The molecule has 0 saturated carbocycles. The number of aryl methyl sites for hydroxylation is 1. The van der Waals surface area contributed by atoms with E-state index in [1.165, 1.54) is 16.5 Å². The smallest absolute Gasteiger partial charge is 0.0480 e. The zero-order chi connectivity index (χ0) is 14.0. The van der Waals surface area contributed by atoms with Crippen molar-refractivity contribution in [2.24, 2.45) is 7.05 Å². The fraction of sp³-hybridized carbons (Fsp3) is 0.529. The first-order valence-electron chi connectivity index (χ1n) is 7.20. The van der Waals surface area contributed by atoms with E-state index in [4.69, 9.17) is 0 Å². The number of nitrogens with one attached hydrogen (secondary N) is 1. The lowest BCUT2D eigenvalue weighted by Gasteiger charge is -2.25. The van der Waals surface area contributed by atoms with E-state index in [0.717, 1.165) is 13.0 Å². The molecule has 0 amide bonds. The fourth-order valence-corrected chi connectivity index (χ4v) is 2.69. The molecule has 2 nitrogen and oxygen atoms in total. The predicted molar refractivity (Wildman–Crippen MR) is 83.7 cm³/mol. The first-order valence-corrected chi connectivity index (χ1v) is 7.20. The van der Waals surface area contributed by atoms with E-state index < -0.39 is 0 Å². The summed E-state index contributed by atoms with van der Waals surface area (Å²) >= 11 is 0. The minimum absolute atomic E-state index is 0.197. The van der Waals surface area contributed by atoms with Gasteiger partial charge in [0.25, 0.3) is 0 Å². The Morgan fingerprint density at radius 2 is 1.89 bits per heavy atom. The second-order valence-corrected chi connectivity index (χ2v) is 6.41. The van der Waals surface area contributed by atoms with E-state index in [9.17, 15) is 0 Å². The van der Waals surface area contributed by atoms with Crippen LogP contribution in [0.3, 0.4) is 0 Å². The highest BCUT2D eigenvalue weighted by molar-refractivity contribution is 5.84. The molecule has 2 aromatic rings. The summed E-state index contributed by atoms with van der Waals surface area (Å²) in [7, 11) is 2.13. The van der Waals surface area contributed by atoms with E-state index in [1.807, 2.05) is 0 Å². The maximum absolute atomic E-state index is 3.52. The zero-order valence-corrected chi connectivity index (χ0v) is 12.8. The van der Waals surface area contributed by atoms with E-state index in [0.29, 0.717) is 6.04 Å². The highest BCUT2D eigenvalue weighted by atomic mass is 14.9. The molecule has 0 saturated heterocycles. The van der Waals surface area contributed by atoms with Crippen molar-refractivity contribution in [1.29, 1.82) is 0 Å². The van der Waals surface area contributed by atoms with Crippen molar-refractivity contribution in [2.75, 3.05) is 6.54 Å². The molecule has 2 rings (SSSR count). The second kappa shape index (κ2) is 5.38. The van der Waals surface area contributed by atoms with Crippen LogP contribution in [0.5, 0.6) is 0 Å². The van der Waals surface area contributed by atoms with Gasteiger partial charge >= 0.3 is 0 Å². The summed E-state index contributed by atoms with van der Waals surface area (Å²) in [6.07, 6.45) is 3.44. The third kappa shape index (κ3) is 3.01. The highest BCUT2D eigenvalue weighted by Crippen LogP contribution is 2.33. The number of hydrogen-bond donors (Lipinski definition) is 1. The first kappa shape index (κ1) is 14.1. The molecule has 0 atom stereocenters. The fourth-order valence-electron chi connectivity index (χ4n) is 2.69. The second-order valence-electron chi connectivity index (χ2n) is 6.41. The van der Waals surface area contributed by atoms with Crippen LogP contribution in [0.4, 0.5) is 0 Å². The van der Waals surface area contributed by atoms with Crippen LogP contribution in [0.15, 0.2) is 30.5 Å². The van der Waals surface area contributed by atoms with Gasteiger partial charge in [-0.25, -0.2) is 0 Å². The van der Waals surface area contributed by atoms with Crippen molar-refractivity contribution >= 4 is 10.9 Å². The zero-order valence-electron chi connectivity index (χ0n) is 12.8. The Morgan fingerprint density at radius 3 is 2.58 bits per heavy atom. The third-order valence-corrected chi connectivity index (χ3v) is 3.93. The summed E-state index contributed by atoms with van der Waals surface area (Å²) in [5.74, 6) is 0. The van der Waals surface area contributed by atoms with Gasteiger partial charge in [-0.2, -0.15) is 0 Å². The van der Waals surface area contributed by atoms with E-state index in [-0.39, 0.29) is 5.41 Å². The molecule has 104 valence electrons. The van der Waals surface area contributed by atoms with Crippen LogP contribution >= 0.6 is 0 Å². The molecule has 1 aromatic carbocycles. The average Bonchev–Trinajstić information content (AvgIpc) is 2.68. The average molecular weight is 258 g/mol. The van der Waals surface area contributed by atoms with Crippen molar-refractivity contribution in [3.8, 4) is 0 Å². The van der Waals surface area contributed by atoms with Crippen molar-refractivity contribution in [1.82, 2.24) is 9.88 Å². The number of hydrogen-bond acceptors (Lipinski definition) is 1. The van der Waals surface area contributed by atoms with Crippen LogP contribution in [0.25, 0.3) is 10.9 Å². The van der Waals surface area contributed by atoms with Gasteiger partial charge in [0.2, 0.25) is 0 Å². The van der Waals surface area contributed by atoms with Gasteiger partial charge in [-0.1, -0.05) is 45.9 Å². The number of nitrogens with zero attached hydrogens (tertiary/aromatic N) is 1. The number of benzene rings is 1. The Kier molecular flexibility index (Phi) is 4.00. The van der Waals surface area contributed by atoms with Crippen molar-refractivity contribution in [3.05, 3.63) is 36.0 Å². The monoisotopic (exact) mass is 258 g/mol. The lowest BCUT2D eigenvalue weighted by atomic mass is 9.81. The molecule has 0 aliphatic rings. The van der Waals surface area contributed by atoms with E-state index >= 15 is 0 Å². The van der Waals surface area contributed by atoms with Crippen LogP contribution in [0, 0.1) is 0 Å². The van der Waals surface area contributed by atoms with Gasteiger partial charge in [0.05, 0.1) is 0 Å². The Morgan fingerprint density at radius 1 is 1.21 bits per heavy atom. The molecule has 1 heterocycles. The number of aromatic nitrogens is 1. The minimum Gasteiger partial charge on any atom is -0.350 e. The predicted octanol–water partition coefficient (Wildman–Crippen LogP) is 3.84. The molecule has 2 heteroatoms. The topological polar surface area (TPSA) is 17.0 Å².